The molecule has 0 fully saturated rings. The zero-order chi connectivity index (χ0) is 18.8. The van der Waals surface area contributed by atoms with Gasteiger partial charge in [-0.2, -0.15) is 0 Å². The summed E-state index contributed by atoms with van der Waals surface area (Å²) in [6, 6.07) is 7.25. The molecule has 1 aliphatic carbocycles. The lowest BCUT2D eigenvalue weighted by Crippen LogP contribution is -2.18. The van der Waals surface area contributed by atoms with Crippen molar-refractivity contribution in [2.45, 2.75) is 46.1 Å². The van der Waals surface area contributed by atoms with Crippen molar-refractivity contribution in [3.8, 4) is 0 Å². The molecule has 0 bridgehead atoms. The third-order valence-corrected chi connectivity index (χ3v) is 6.27. The molecule has 2 aromatic rings. The minimum absolute atomic E-state index is 0.201. The summed E-state index contributed by atoms with van der Waals surface area (Å²) in [5, 5.41) is 3.54. The van der Waals surface area contributed by atoms with Gasteiger partial charge in [0.25, 0.3) is 5.91 Å². The van der Waals surface area contributed by atoms with Crippen molar-refractivity contribution < 1.29 is 14.3 Å². The zero-order valence-corrected chi connectivity index (χ0v) is 17.5. The van der Waals surface area contributed by atoms with Gasteiger partial charge in [-0.1, -0.05) is 19.1 Å². The van der Waals surface area contributed by atoms with Gasteiger partial charge < -0.3 is 10.1 Å². The fraction of sp³-hybridized carbons (Fsp3) is 0.400. The number of ether oxygens (including phenoxy) is 1. The number of nitrogens with one attached hydrogen (secondary N) is 1. The lowest BCUT2D eigenvalue weighted by molar-refractivity contribution is 0.0378. The van der Waals surface area contributed by atoms with Gasteiger partial charge in [0.1, 0.15) is 5.00 Å². The van der Waals surface area contributed by atoms with E-state index in [0.29, 0.717) is 22.0 Å². The number of hydrogen-bond acceptors (Lipinski definition) is 4. The van der Waals surface area contributed by atoms with Gasteiger partial charge in [0.2, 0.25) is 0 Å². The van der Waals surface area contributed by atoms with E-state index in [0.717, 1.165) is 29.3 Å². The Hall–Kier alpha value is -1.66. The molecule has 26 heavy (non-hydrogen) atoms. The van der Waals surface area contributed by atoms with E-state index < -0.39 is 0 Å². The normalized spacial score (nSPS) is 16.3. The zero-order valence-electron chi connectivity index (χ0n) is 15.1. The summed E-state index contributed by atoms with van der Waals surface area (Å²) >= 11 is 4.91. The maximum atomic E-state index is 12.7. The van der Waals surface area contributed by atoms with Crippen LogP contribution in [0.5, 0.6) is 0 Å². The van der Waals surface area contributed by atoms with Crippen molar-refractivity contribution in [2.75, 3.05) is 5.32 Å². The predicted octanol–water partition coefficient (Wildman–Crippen LogP) is 5.45. The average molecular weight is 436 g/mol. The Bertz CT molecular complexity index is 844. The van der Waals surface area contributed by atoms with Crippen LogP contribution in [0.25, 0.3) is 0 Å². The van der Waals surface area contributed by atoms with E-state index in [1.165, 1.54) is 16.2 Å². The molecular weight excluding hydrogens is 414 g/mol. The van der Waals surface area contributed by atoms with Crippen LogP contribution in [0.1, 0.15) is 58.3 Å². The van der Waals surface area contributed by atoms with Crippen LogP contribution >= 0.6 is 27.3 Å². The number of amides is 1. The minimum atomic E-state index is -0.352. The summed E-state index contributed by atoms with van der Waals surface area (Å²) in [6.45, 7) is 5.88. The second-order valence-electron chi connectivity index (χ2n) is 6.94. The van der Waals surface area contributed by atoms with Crippen LogP contribution in [0, 0.1) is 5.92 Å². The Labute approximate surface area is 166 Å². The van der Waals surface area contributed by atoms with Crippen molar-refractivity contribution >= 4 is 44.1 Å². The number of rotatable bonds is 4. The van der Waals surface area contributed by atoms with E-state index in [-0.39, 0.29) is 18.0 Å². The van der Waals surface area contributed by atoms with E-state index in [9.17, 15) is 9.59 Å². The lowest BCUT2D eigenvalue weighted by atomic mass is 9.88. The summed E-state index contributed by atoms with van der Waals surface area (Å²) in [6.07, 6.45) is 2.63. The molecule has 1 atom stereocenters. The van der Waals surface area contributed by atoms with Crippen LogP contribution in [-0.4, -0.2) is 18.0 Å². The summed E-state index contributed by atoms with van der Waals surface area (Å²) in [4.78, 5) is 26.6. The number of carbonyl (C=O) groups is 2. The molecule has 0 aliphatic heterocycles. The molecular formula is C20H22BrNO3S. The van der Waals surface area contributed by atoms with Crippen molar-refractivity contribution in [1.82, 2.24) is 0 Å². The van der Waals surface area contributed by atoms with Crippen LogP contribution < -0.4 is 5.32 Å². The third-order valence-electron chi connectivity index (χ3n) is 4.40. The van der Waals surface area contributed by atoms with Gasteiger partial charge >= 0.3 is 5.97 Å². The molecule has 138 valence electrons. The maximum absolute atomic E-state index is 12.7. The Kier molecular flexibility index (Phi) is 5.82. The quantitative estimate of drug-likeness (QED) is 0.649. The molecule has 1 N–H and O–H groups in total. The molecule has 6 heteroatoms. The highest BCUT2D eigenvalue weighted by Crippen LogP contribution is 2.40. The first-order valence-corrected chi connectivity index (χ1v) is 10.4. The fourth-order valence-electron chi connectivity index (χ4n) is 3.14. The molecule has 0 radical (unpaired) electrons. The van der Waals surface area contributed by atoms with Gasteiger partial charge in [-0.15, -0.1) is 11.3 Å². The number of esters is 1. The van der Waals surface area contributed by atoms with Crippen molar-refractivity contribution in [1.29, 1.82) is 0 Å². The van der Waals surface area contributed by atoms with E-state index in [2.05, 4.69) is 28.2 Å². The van der Waals surface area contributed by atoms with Crippen LogP contribution in [0.15, 0.2) is 28.7 Å². The van der Waals surface area contributed by atoms with Crippen LogP contribution in [0.2, 0.25) is 0 Å². The van der Waals surface area contributed by atoms with Gasteiger partial charge in [0.15, 0.2) is 0 Å². The van der Waals surface area contributed by atoms with Gasteiger partial charge in [-0.25, -0.2) is 4.79 Å². The second kappa shape index (κ2) is 7.92. The lowest BCUT2D eigenvalue weighted by Gasteiger charge is -2.18. The van der Waals surface area contributed by atoms with Crippen molar-refractivity contribution in [3.05, 3.63) is 50.3 Å². The van der Waals surface area contributed by atoms with Crippen molar-refractivity contribution in [3.63, 3.8) is 0 Å². The van der Waals surface area contributed by atoms with Gasteiger partial charge in [-0.3, -0.25) is 4.79 Å². The Morgan fingerprint density at radius 2 is 2.04 bits per heavy atom. The molecule has 0 spiro atoms. The van der Waals surface area contributed by atoms with Gasteiger partial charge in [0.05, 0.1) is 17.2 Å². The number of benzene rings is 1. The number of carbonyl (C=O) groups excluding carboxylic acids is 2. The molecule has 1 aromatic heterocycles. The maximum Gasteiger partial charge on any atom is 0.341 e. The van der Waals surface area contributed by atoms with Crippen molar-refractivity contribution in [2.24, 2.45) is 5.92 Å². The van der Waals surface area contributed by atoms with Crippen LogP contribution in [-0.2, 0) is 17.6 Å². The van der Waals surface area contributed by atoms with Gasteiger partial charge in [0, 0.05) is 9.35 Å². The molecule has 4 nitrogen and oxygen atoms in total. The smallest absolute Gasteiger partial charge is 0.341 e. The largest absolute Gasteiger partial charge is 0.459 e. The second-order valence-corrected chi connectivity index (χ2v) is 8.90. The number of hydrogen-bond donors (Lipinski definition) is 1. The Morgan fingerprint density at radius 1 is 1.31 bits per heavy atom. The number of thiophene rings is 1. The minimum Gasteiger partial charge on any atom is -0.459 e. The van der Waals surface area contributed by atoms with Crippen LogP contribution in [0.4, 0.5) is 5.00 Å². The summed E-state index contributed by atoms with van der Waals surface area (Å²) in [5.41, 5.74) is 2.11. The Morgan fingerprint density at radius 3 is 2.73 bits per heavy atom. The molecule has 0 unspecified atom stereocenters. The highest BCUT2D eigenvalue weighted by molar-refractivity contribution is 9.10. The first kappa shape index (κ1) is 19.1. The summed E-state index contributed by atoms with van der Waals surface area (Å²) in [5.74, 6) is -0.000800. The highest BCUT2D eigenvalue weighted by atomic mass is 79.9. The van der Waals surface area contributed by atoms with E-state index in [1.807, 2.05) is 32.0 Å². The number of fused-ring (bicyclic) bond motifs is 1. The summed E-state index contributed by atoms with van der Waals surface area (Å²) < 4.78 is 6.17. The number of anilines is 1. The standard InChI is InChI=1S/C20H22BrNO3S/c1-11(2)25-20(24)17-14-9-8-12(3)10-16(14)26-19(17)22-18(23)13-6-4-5-7-15(13)21/h4-7,11-12H,8-10H2,1-3H3,(H,22,23)/t12-/m1/s1. The molecule has 1 aromatic carbocycles. The molecule has 1 aliphatic rings. The molecule has 1 amide bonds. The SMILES string of the molecule is CC(C)OC(=O)c1c(NC(=O)c2ccccc2Br)sc2c1CC[C@@H](C)C2. The van der Waals surface area contributed by atoms with E-state index in [4.69, 9.17) is 4.74 Å². The topological polar surface area (TPSA) is 55.4 Å². The predicted molar refractivity (Wildman–Crippen MR) is 108 cm³/mol. The Balaban J connectivity index is 1.96. The third kappa shape index (κ3) is 4.01. The molecule has 1 heterocycles. The average Bonchev–Trinajstić information content (AvgIpc) is 2.91. The monoisotopic (exact) mass is 435 g/mol. The molecule has 3 rings (SSSR count). The first-order chi connectivity index (χ1) is 12.4. The summed E-state index contributed by atoms with van der Waals surface area (Å²) in [7, 11) is 0. The van der Waals surface area contributed by atoms with Crippen LogP contribution in [0.3, 0.4) is 0 Å². The number of halogens is 1. The molecule has 0 saturated carbocycles. The molecule has 0 saturated heterocycles. The van der Waals surface area contributed by atoms with E-state index >= 15 is 0 Å². The highest BCUT2D eigenvalue weighted by Gasteiger charge is 2.30. The fourth-order valence-corrected chi connectivity index (χ4v) is 5.00. The first-order valence-electron chi connectivity index (χ1n) is 8.78. The van der Waals surface area contributed by atoms with Gasteiger partial charge in [-0.05, 0) is 72.7 Å². The van der Waals surface area contributed by atoms with E-state index in [1.54, 1.807) is 6.07 Å².